The molecule has 1 aromatic carbocycles. The average Bonchev–Trinajstić information content (AvgIpc) is 3.25. The number of ether oxygens (including phenoxy) is 1. The van der Waals surface area contributed by atoms with Gasteiger partial charge >= 0.3 is 0 Å². The maximum absolute atomic E-state index is 13.0. The van der Waals surface area contributed by atoms with Crippen LogP contribution in [0.3, 0.4) is 0 Å². The molecular formula is C25H33ClN8O3. The number of benzene rings is 1. The molecule has 12 heteroatoms. The van der Waals surface area contributed by atoms with Gasteiger partial charge in [0.2, 0.25) is 5.78 Å². The van der Waals surface area contributed by atoms with Crippen LogP contribution in [-0.4, -0.2) is 71.0 Å². The van der Waals surface area contributed by atoms with Gasteiger partial charge in [0.05, 0.1) is 18.2 Å². The Morgan fingerprint density at radius 3 is 2.57 bits per heavy atom. The van der Waals surface area contributed by atoms with Gasteiger partial charge in [-0.1, -0.05) is 11.6 Å². The summed E-state index contributed by atoms with van der Waals surface area (Å²) < 4.78 is 5.53. The number of ketones is 1. The van der Waals surface area contributed by atoms with Crippen molar-refractivity contribution in [2.75, 3.05) is 49.6 Å². The minimum Gasteiger partial charge on any atom is -0.383 e. The summed E-state index contributed by atoms with van der Waals surface area (Å²) in [6.45, 7) is 7.19. The highest BCUT2D eigenvalue weighted by Crippen LogP contribution is 2.28. The van der Waals surface area contributed by atoms with Gasteiger partial charge in [0.15, 0.2) is 22.5 Å². The standard InChI is InChI=1S/C25H33ClN8O3/c1-15(2)37-12-9-29-17-5-3-16(4-6-17)24(36)34-10-7-25(8-11-34)14-30-19(33-25)13-18(35)20-22(27)32-23(28)21(26)31-20/h3-6,13,15,29-30,33H,7-12,14H2,1-2H3,(H4,27,28,32)/b19-13+. The lowest BCUT2D eigenvalue weighted by Crippen LogP contribution is -2.53. The summed E-state index contributed by atoms with van der Waals surface area (Å²) in [4.78, 5) is 35.4. The summed E-state index contributed by atoms with van der Waals surface area (Å²) in [7, 11) is 0. The van der Waals surface area contributed by atoms with Gasteiger partial charge in [0.25, 0.3) is 5.91 Å². The van der Waals surface area contributed by atoms with Crippen molar-refractivity contribution in [3.8, 4) is 0 Å². The van der Waals surface area contributed by atoms with Crippen molar-refractivity contribution < 1.29 is 14.3 Å². The number of halogens is 1. The highest BCUT2D eigenvalue weighted by Gasteiger charge is 2.40. The van der Waals surface area contributed by atoms with Crippen molar-refractivity contribution in [1.82, 2.24) is 25.5 Å². The predicted octanol–water partition coefficient (Wildman–Crippen LogP) is 2.02. The van der Waals surface area contributed by atoms with Crippen LogP contribution in [0.2, 0.25) is 5.15 Å². The zero-order chi connectivity index (χ0) is 26.6. The van der Waals surface area contributed by atoms with Gasteiger partial charge in [0.1, 0.15) is 5.82 Å². The van der Waals surface area contributed by atoms with E-state index in [1.807, 2.05) is 43.0 Å². The summed E-state index contributed by atoms with van der Waals surface area (Å²) in [6.07, 6.45) is 3.07. The van der Waals surface area contributed by atoms with E-state index < -0.39 is 5.78 Å². The number of nitrogen functional groups attached to an aromatic ring is 2. The largest absolute Gasteiger partial charge is 0.383 e. The second-order valence-electron chi connectivity index (χ2n) is 9.53. The maximum Gasteiger partial charge on any atom is 0.253 e. The number of carbonyl (C=O) groups excluding carboxylic acids is 2. The van der Waals surface area contributed by atoms with E-state index >= 15 is 0 Å². The van der Waals surface area contributed by atoms with Gasteiger partial charge in [0, 0.05) is 43.5 Å². The molecule has 2 aliphatic heterocycles. The number of likely N-dealkylation sites (tertiary alicyclic amines) is 1. The Morgan fingerprint density at radius 2 is 1.89 bits per heavy atom. The van der Waals surface area contributed by atoms with E-state index in [0.717, 1.165) is 18.5 Å². The van der Waals surface area contributed by atoms with Gasteiger partial charge in [-0.05, 0) is 51.0 Å². The first-order valence-corrected chi connectivity index (χ1v) is 12.6. The molecule has 4 rings (SSSR count). The van der Waals surface area contributed by atoms with E-state index in [4.69, 9.17) is 27.8 Å². The van der Waals surface area contributed by atoms with Crippen molar-refractivity contribution in [3.05, 3.63) is 52.6 Å². The van der Waals surface area contributed by atoms with E-state index in [2.05, 4.69) is 25.9 Å². The molecule has 1 aromatic heterocycles. The summed E-state index contributed by atoms with van der Waals surface area (Å²) >= 11 is 5.89. The molecule has 1 amide bonds. The lowest BCUT2D eigenvalue weighted by atomic mass is 9.88. The SMILES string of the molecule is CC(C)OCCNc1ccc(C(=O)N2CCC3(CC2)CN/C(=C\C(=O)c2nc(Cl)c(N)nc2N)N3)cc1. The molecule has 2 saturated heterocycles. The minimum absolute atomic E-state index is 0.00993. The molecule has 1 spiro atoms. The summed E-state index contributed by atoms with van der Waals surface area (Å²) in [6, 6.07) is 7.52. The molecule has 2 fully saturated rings. The molecule has 198 valence electrons. The van der Waals surface area contributed by atoms with Crippen LogP contribution in [0, 0.1) is 0 Å². The lowest BCUT2D eigenvalue weighted by molar-refractivity contribution is 0.0667. The number of amides is 1. The molecule has 0 atom stereocenters. The number of anilines is 3. The molecule has 0 unspecified atom stereocenters. The second kappa shape index (κ2) is 11.2. The minimum atomic E-state index is -0.433. The average molecular weight is 529 g/mol. The van der Waals surface area contributed by atoms with Crippen molar-refractivity contribution in [2.45, 2.75) is 38.3 Å². The molecule has 0 aliphatic carbocycles. The first-order valence-electron chi connectivity index (χ1n) is 12.3. The van der Waals surface area contributed by atoms with Crippen LogP contribution in [0.25, 0.3) is 0 Å². The Bertz CT molecular complexity index is 1180. The number of nitrogens with one attached hydrogen (secondary N) is 3. The molecule has 11 nitrogen and oxygen atoms in total. The number of allylic oxidation sites excluding steroid dienone is 1. The smallest absolute Gasteiger partial charge is 0.253 e. The van der Waals surface area contributed by atoms with E-state index in [1.54, 1.807) is 0 Å². The zero-order valence-electron chi connectivity index (χ0n) is 21.0. The number of nitrogens with two attached hydrogens (primary N) is 2. The normalized spacial score (nSPS) is 17.6. The third kappa shape index (κ3) is 6.41. The Morgan fingerprint density at radius 1 is 1.19 bits per heavy atom. The second-order valence-corrected chi connectivity index (χ2v) is 9.89. The molecule has 37 heavy (non-hydrogen) atoms. The Balaban J connectivity index is 1.30. The van der Waals surface area contributed by atoms with Crippen LogP contribution < -0.4 is 27.4 Å². The highest BCUT2D eigenvalue weighted by molar-refractivity contribution is 6.31. The number of nitrogens with zero attached hydrogens (tertiary/aromatic N) is 3. The molecule has 2 aromatic rings. The molecule has 0 bridgehead atoms. The van der Waals surface area contributed by atoms with Crippen molar-refractivity contribution in [1.29, 1.82) is 0 Å². The van der Waals surface area contributed by atoms with Crippen LogP contribution in [0.4, 0.5) is 17.3 Å². The van der Waals surface area contributed by atoms with Gasteiger partial charge in [-0.25, -0.2) is 9.97 Å². The summed E-state index contributed by atoms with van der Waals surface area (Å²) in [5.41, 5.74) is 12.7. The molecule has 0 saturated carbocycles. The zero-order valence-corrected chi connectivity index (χ0v) is 21.8. The third-order valence-corrected chi connectivity index (χ3v) is 6.73. The number of piperidine rings is 1. The highest BCUT2D eigenvalue weighted by atomic mass is 35.5. The van der Waals surface area contributed by atoms with E-state index in [9.17, 15) is 9.59 Å². The Labute approximate surface area is 221 Å². The molecule has 3 heterocycles. The summed E-state index contributed by atoms with van der Waals surface area (Å²) in [5.74, 6) is 0.0428. The van der Waals surface area contributed by atoms with Gasteiger partial charge in [-0.3, -0.25) is 9.59 Å². The Hall–Kier alpha value is -3.57. The lowest BCUT2D eigenvalue weighted by Gasteiger charge is -2.39. The fourth-order valence-corrected chi connectivity index (χ4v) is 4.52. The number of carbonyl (C=O) groups is 2. The molecule has 2 aliphatic rings. The number of aromatic nitrogens is 2. The van der Waals surface area contributed by atoms with Crippen LogP contribution >= 0.6 is 11.6 Å². The van der Waals surface area contributed by atoms with Crippen LogP contribution in [0.5, 0.6) is 0 Å². The Kier molecular flexibility index (Phi) is 8.03. The predicted molar refractivity (Wildman–Crippen MR) is 143 cm³/mol. The van der Waals surface area contributed by atoms with E-state index in [-0.39, 0.29) is 40.0 Å². The number of hydrogen-bond donors (Lipinski definition) is 5. The van der Waals surface area contributed by atoms with Crippen molar-refractivity contribution in [2.24, 2.45) is 0 Å². The topological polar surface area (TPSA) is 161 Å². The molecule has 0 radical (unpaired) electrons. The summed E-state index contributed by atoms with van der Waals surface area (Å²) in [5, 5.41) is 9.88. The monoisotopic (exact) mass is 528 g/mol. The maximum atomic E-state index is 13.0. The van der Waals surface area contributed by atoms with Crippen LogP contribution in [0.15, 0.2) is 36.2 Å². The fraction of sp³-hybridized carbons (Fsp3) is 0.440. The van der Waals surface area contributed by atoms with E-state index in [0.29, 0.717) is 44.2 Å². The number of hydrogen-bond acceptors (Lipinski definition) is 10. The third-order valence-electron chi connectivity index (χ3n) is 6.45. The van der Waals surface area contributed by atoms with Gasteiger partial charge < -0.3 is 37.1 Å². The first kappa shape index (κ1) is 26.5. The quantitative estimate of drug-likeness (QED) is 0.195. The van der Waals surface area contributed by atoms with Crippen LogP contribution in [-0.2, 0) is 4.74 Å². The number of rotatable bonds is 8. The molecule has 7 N–H and O–H groups in total. The van der Waals surface area contributed by atoms with Gasteiger partial charge in [-0.15, -0.1) is 0 Å². The van der Waals surface area contributed by atoms with Crippen molar-refractivity contribution >= 4 is 40.6 Å². The van der Waals surface area contributed by atoms with Gasteiger partial charge in [-0.2, -0.15) is 0 Å². The fourth-order valence-electron chi connectivity index (χ4n) is 4.39. The van der Waals surface area contributed by atoms with E-state index in [1.165, 1.54) is 6.08 Å². The first-order chi connectivity index (χ1) is 17.7. The van der Waals surface area contributed by atoms with Crippen LogP contribution in [0.1, 0.15) is 47.5 Å². The van der Waals surface area contributed by atoms with Crippen molar-refractivity contribution in [3.63, 3.8) is 0 Å². The molecular weight excluding hydrogens is 496 g/mol.